The summed E-state index contributed by atoms with van der Waals surface area (Å²) in [5.41, 5.74) is 1.88. The van der Waals surface area contributed by atoms with Crippen LogP contribution in [0.1, 0.15) is 29.9 Å². The lowest BCUT2D eigenvalue weighted by Crippen LogP contribution is -2.49. The normalized spacial score (nSPS) is 18.6. The maximum absolute atomic E-state index is 12.6. The summed E-state index contributed by atoms with van der Waals surface area (Å²) in [4.78, 5) is 28.6. The summed E-state index contributed by atoms with van der Waals surface area (Å²) in [7, 11) is 0. The van der Waals surface area contributed by atoms with Crippen molar-refractivity contribution in [3.8, 4) is 0 Å². The molecule has 1 amide bonds. The largest absolute Gasteiger partial charge is 0.368 e. The summed E-state index contributed by atoms with van der Waals surface area (Å²) < 4.78 is 6.20. The summed E-state index contributed by atoms with van der Waals surface area (Å²) in [6.07, 6.45) is 7.88. The van der Waals surface area contributed by atoms with Crippen LogP contribution in [-0.2, 0) is 21.6 Å². The Hall–Kier alpha value is -1.99. The number of fused-ring (bicyclic) bond motifs is 2. The highest BCUT2D eigenvalue weighted by atomic mass is 32.2. The molecule has 1 saturated heterocycles. The van der Waals surface area contributed by atoms with Gasteiger partial charge >= 0.3 is 0 Å². The number of likely N-dealkylation sites (tertiary alicyclic amines) is 1. The van der Waals surface area contributed by atoms with E-state index in [9.17, 15) is 4.79 Å². The van der Waals surface area contributed by atoms with Gasteiger partial charge in [-0.3, -0.25) is 9.78 Å². The standard InChI is InChI=1S/C19H22N4O2S/c1-14-21-12-15-4-11-25-19(18(15)22-14)5-9-23(10-6-19)17(24)13-26-16-2-7-20-8-3-16/h2-3,7-8,12H,4-6,9-11,13H2,1H3. The van der Waals surface area contributed by atoms with Gasteiger partial charge in [0, 0.05) is 36.6 Å². The van der Waals surface area contributed by atoms with Gasteiger partial charge in [0.1, 0.15) is 11.4 Å². The highest BCUT2D eigenvalue weighted by Gasteiger charge is 2.43. The SMILES string of the molecule is Cc1ncc2c(n1)C1(CCN(C(=O)CSc3ccncc3)CC1)OCC2. The lowest BCUT2D eigenvalue weighted by Gasteiger charge is -2.44. The third kappa shape index (κ3) is 3.46. The number of ether oxygens (including phenoxy) is 1. The van der Waals surface area contributed by atoms with E-state index in [0.29, 0.717) is 25.4 Å². The number of hydrogen-bond donors (Lipinski definition) is 0. The van der Waals surface area contributed by atoms with Crippen LogP contribution < -0.4 is 0 Å². The monoisotopic (exact) mass is 370 g/mol. The first kappa shape index (κ1) is 17.4. The molecule has 0 unspecified atom stereocenters. The van der Waals surface area contributed by atoms with Gasteiger partial charge in [-0.2, -0.15) is 0 Å². The van der Waals surface area contributed by atoms with Gasteiger partial charge in [0.25, 0.3) is 0 Å². The zero-order valence-electron chi connectivity index (χ0n) is 14.9. The van der Waals surface area contributed by atoms with Gasteiger partial charge in [-0.1, -0.05) is 0 Å². The molecule has 7 heteroatoms. The van der Waals surface area contributed by atoms with Crippen LogP contribution in [0.3, 0.4) is 0 Å². The molecule has 2 aliphatic rings. The second-order valence-corrected chi connectivity index (χ2v) is 7.78. The van der Waals surface area contributed by atoms with E-state index < -0.39 is 0 Å². The third-order valence-corrected chi connectivity index (χ3v) is 6.10. The number of carbonyl (C=O) groups excluding carboxylic acids is 1. The number of aryl methyl sites for hydroxylation is 1. The van der Waals surface area contributed by atoms with E-state index in [2.05, 4.69) is 15.0 Å². The van der Waals surface area contributed by atoms with Crippen LogP contribution in [-0.4, -0.2) is 51.2 Å². The van der Waals surface area contributed by atoms with Crippen molar-refractivity contribution >= 4 is 17.7 Å². The highest BCUT2D eigenvalue weighted by molar-refractivity contribution is 8.00. The van der Waals surface area contributed by atoms with Gasteiger partial charge in [-0.05, 0) is 43.9 Å². The molecule has 0 bridgehead atoms. The van der Waals surface area contributed by atoms with Crippen LogP contribution >= 0.6 is 11.8 Å². The van der Waals surface area contributed by atoms with Crippen LogP contribution in [0.15, 0.2) is 35.6 Å². The summed E-state index contributed by atoms with van der Waals surface area (Å²) in [6, 6.07) is 3.86. The molecular weight excluding hydrogens is 348 g/mol. The fourth-order valence-corrected chi connectivity index (χ4v) is 4.45. The van der Waals surface area contributed by atoms with Gasteiger partial charge < -0.3 is 9.64 Å². The Kier molecular flexibility index (Phi) is 4.91. The van der Waals surface area contributed by atoms with Gasteiger partial charge in [0.15, 0.2) is 0 Å². The lowest BCUT2D eigenvalue weighted by atomic mass is 9.83. The minimum atomic E-state index is -0.351. The zero-order valence-corrected chi connectivity index (χ0v) is 15.7. The number of carbonyl (C=O) groups is 1. The molecule has 1 spiro atoms. The highest BCUT2D eigenvalue weighted by Crippen LogP contribution is 2.40. The first-order chi connectivity index (χ1) is 12.7. The first-order valence-electron chi connectivity index (χ1n) is 8.94. The average Bonchev–Trinajstić information content (AvgIpc) is 2.68. The zero-order chi connectivity index (χ0) is 18.0. The molecule has 0 aromatic carbocycles. The van der Waals surface area contributed by atoms with Crippen LogP contribution in [0.2, 0.25) is 0 Å². The van der Waals surface area contributed by atoms with Crippen LogP contribution in [0, 0.1) is 6.92 Å². The first-order valence-corrected chi connectivity index (χ1v) is 9.92. The molecule has 0 atom stereocenters. The van der Waals surface area contributed by atoms with Crippen molar-refractivity contribution in [3.05, 3.63) is 47.8 Å². The number of pyridine rings is 1. The van der Waals surface area contributed by atoms with E-state index in [-0.39, 0.29) is 11.5 Å². The maximum atomic E-state index is 12.6. The minimum Gasteiger partial charge on any atom is -0.368 e. The molecule has 1 fully saturated rings. The predicted octanol–water partition coefficient (Wildman–Crippen LogP) is 2.36. The summed E-state index contributed by atoms with van der Waals surface area (Å²) in [5, 5.41) is 0. The van der Waals surface area contributed by atoms with Gasteiger partial charge in [0.2, 0.25) is 5.91 Å². The molecule has 0 radical (unpaired) electrons. The molecule has 4 heterocycles. The molecular formula is C19H22N4O2S. The van der Waals surface area contributed by atoms with Crippen molar-refractivity contribution in [3.63, 3.8) is 0 Å². The molecule has 0 N–H and O–H groups in total. The predicted molar refractivity (Wildman–Crippen MR) is 98.9 cm³/mol. The van der Waals surface area contributed by atoms with E-state index >= 15 is 0 Å². The van der Waals surface area contributed by atoms with Crippen LogP contribution in [0.5, 0.6) is 0 Å². The minimum absolute atomic E-state index is 0.177. The molecule has 6 nitrogen and oxygen atoms in total. The molecule has 0 saturated carbocycles. The Morgan fingerprint density at radius 1 is 1.31 bits per heavy atom. The Morgan fingerprint density at radius 3 is 2.85 bits per heavy atom. The number of piperidine rings is 1. The van der Waals surface area contributed by atoms with Gasteiger partial charge in [-0.25, -0.2) is 9.97 Å². The number of nitrogens with zero attached hydrogens (tertiary/aromatic N) is 4. The topological polar surface area (TPSA) is 68.2 Å². The Balaban J connectivity index is 1.40. The Labute approximate surface area is 157 Å². The van der Waals surface area contributed by atoms with Gasteiger partial charge in [-0.15, -0.1) is 11.8 Å². The molecule has 136 valence electrons. The van der Waals surface area contributed by atoms with Crippen LogP contribution in [0.4, 0.5) is 0 Å². The Bertz CT molecular complexity index is 791. The fourth-order valence-electron chi connectivity index (χ4n) is 3.67. The number of thioether (sulfide) groups is 1. The molecule has 26 heavy (non-hydrogen) atoms. The molecule has 2 aromatic rings. The van der Waals surface area contributed by atoms with E-state index in [1.165, 1.54) is 5.56 Å². The summed E-state index contributed by atoms with van der Waals surface area (Å²) in [6.45, 7) is 4.03. The average molecular weight is 370 g/mol. The van der Waals surface area contributed by atoms with Crippen molar-refractivity contribution in [2.24, 2.45) is 0 Å². The number of rotatable bonds is 3. The van der Waals surface area contributed by atoms with Crippen molar-refractivity contribution in [2.75, 3.05) is 25.4 Å². The fraction of sp³-hybridized carbons (Fsp3) is 0.474. The van der Waals surface area contributed by atoms with Crippen molar-refractivity contribution in [1.29, 1.82) is 0 Å². The van der Waals surface area contributed by atoms with Crippen LogP contribution in [0.25, 0.3) is 0 Å². The second kappa shape index (κ2) is 7.32. The van der Waals surface area contributed by atoms with Crippen molar-refractivity contribution in [2.45, 2.75) is 36.7 Å². The molecule has 0 aliphatic carbocycles. The summed E-state index contributed by atoms with van der Waals surface area (Å²) in [5.74, 6) is 1.41. The van der Waals surface area contributed by atoms with Gasteiger partial charge in [0.05, 0.1) is 18.1 Å². The number of hydrogen-bond acceptors (Lipinski definition) is 6. The number of amides is 1. The molecule has 2 aromatic heterocycles. The smallest absolute Gasteiger partial charge is 0.232 e. The maximum Gasteiger partial charge on any atom is 0.232 e. The quantitative estimate of drug-likeness (QED) is 0.773. The van der Waals surface area contributed by atoms with E-state index in [0.717, 1.165) is 35.7 Å². The van der Waals surface area contributed by atoms with E-state index in [1.54, 1.807) is 24.2 Å². The van der Waals surface area contributed by atoms with E-state index in [1.807, 2.05) is 30.2 Å². The van der Waals surface area contributed by atoms with Crippen molar-refractivity contribution in [1.82, 2.24) is 19.9 Å². The van der Waals surface area contributed by atoms with E-state index in [4.69, 9.17) is 4.74 Å². The summed E-state index contributed by atoms with van der Waals surface area (Å²) >= 11 is 1.56. The third-order valence-electron chi connectivity index (χ3n) is 5.10. The second-order valence-electron chi connectivity index (χ2n) is 6.74. The lowest BCUT2D eigenvalue weighted by molar-refractivity contribution is -0.138. The van der Waals surface area contributed by atoms with Crippen molar-refractivity contribution < 1.29 is 9.53 Å². The number of aromatic nitrogens is 3. The molecule has 4 rings (SSSR count). The molecule has 2 aliphatic heterocycles. The Morgan fingerprint density at radius 2 is 2.08 bits per heavy atom.